The predicted molar refractivity (Wildman–Crippen MR) is 155 cm³/mol. The van der Waals surface area contributed by atoms with Gasteiger partial charge in [-0.25, -0.2) is 18.2 Å². The standard InChI is InChI=1S/C33H33F3N4O2/c1-3-33(42)20(2)16-22(17-29(33)38-18-21-8-5-4-6-9-21)23-14-15-37-19-28(23)40-32(41)27-13-12-26(36)31(39-27)30-24(34)10-7-11-25(30)35/h4-15,19-20,22,29,38,42H,3,16-18H2,1-2H3,(H,40,41)/t20-,22+,29+,33+/m0/s1. The van der Waals surface area contributed by atoms with Crippen LogP contribution in [0.4, 0.5) is 18.9 Å². The number of pyridine rings is 2. The van der Waals surface area contributed by atoms with Crippen molar-refractivity contribution in [1.29, 1.82) is 0 Å². The Morgan fingerprint density at radius 1 is 0.976 bits per heavy atom. The molecule has 0 bridgehead atoms. The van der Waals surface area contributed by atoms with Crippen LogP contribution in [0.1, 0.15) is 60.6 Å². The molecule has 0 unspecified atom stereocenters. The lowest BCUT2D eigenvalue weighted by Gasteiger charge is -2.48. The van der Waals surface area contributed by atoms with Gasteiger partial charge in [0.2, 0.25) is 0 Å². The summed E-state index contributed by atoms with van der Waals surface area (Å²) in [6.07, 6.45) is 5.09. The van der Waals surface area contributed by atoms with Crippen LogP contribution in [0.15, 0.2) is 79.1 Å². The van der Waals surface area contributed by atoms with E-state index in [1.165, 1.54) is 12.3 Å². The number of hydrogen-bond acceptors (Lipinski definition) is 5. The van der Waals surface area contributed by atoms with Crippen LogP contribution in [0, 0.1) is 23.4 Å². The maximum Gasteiger partial charge on any atom is 0.274 e. The normalized spacial score (nSPS) is 22.1. The molecule has 1 aliphatic rings. The first kappa shape index (κ1) is 29.4. The largest absolute Gasteiger partial charge is 0.388 e. The molecule has 0 aliphatic heterocycles. The highest BCUT2D eigenvalue weighted by Gasteiger charge is 2.46. The molecule has 1 fully saturated rings. The minimum Gasteiger partial charge on any atom is -0.388 e. The Bertz CT molecular complexity index is 1550. The third-order valence-corrected chi connectivity index (χ3v) is 8.40. The highest BCUT2D eigenvalue weighted by molar-refractivity contribution is 6.03. The second-order valence-electron chi connectivity index (χ2n) is 10.9. The molecule has 0 saturated heterocycles. The highest BCUT2D eigenvalue weighted by atomic mass is 19.1. The molecule has 2 aromatic carbocycles. The molecule has 42 heavy (non-hydrogen) atoms. The lowest BCUT2D eigenvalue weighted by Crippen LogP contribution is -2.57. The number of benzene rings is 2. The first-order valence-electron chi connectivity index (χ1n) is 14.1. The van der Waals surface area contributed by atoms with E-state index in [1.54, 1.807) is 6.20 Å². The van der Waals surface area contributed by atoms with Crippen LogP contribution in [0.5, 0.6) is 0 Å². The van der Waals surface area contributed by atoms with Gasteiger partial charge in [0.15, 0.2) is 0 Å². The molecule has 4 aromatic rings. The highest BCUT2D eigenvalue weighted by Crippen LogP contribution is 2.45. The molecule has 1 amide bonds. The molecule has 2 heterocycles. The van der Waals surface area contributed by atoms with E-state index in [0.717, 1.165) is 35.4 Å². The van der Waals surface area contributed by atoms with Crippen LogP contribution in [0.25, 0.3) is 11.3 Å². The van der Waals surface area contributed by atoms with E-state index in [4.69, 9.17) is 0 Å². The summed E-state index contributed by atoms with van der Waals surface area (Å²) in [5, 5.41) is 18.0. The first-order chi connectivity index (χ1) is 20.2. The smallest absolute Gasteiger partial charge is 0.274 e. The van der Waals surface area contributed by atoms with Gasteiger partial charge in [-0.15, -0.1) is 0 Å². The minimum atomic E-state index is -0.984. The number of aliphatic hydroxyl groups is 1. The summed E-state index contributed by atoms with van der Waals surface area (Å²) < 4.78 is 43.3. The van der Waals surface area contributed by atoms with Crippen LogP contribution < -0.4 is 10.6 Å². The van der Waals surface area contributed by atoms with Crippen LogP contribution in [-0.4, -0.2) is 32.6 Å². The van der Waals surface area contributed by atoms with Gasteiger partial charge in [-0.05, 0) is 72.6 Å². The molecule has 6 nitrogen and oxygen atoms in total. The number of anilines is 1. The third kappa shape index (κ3) is 5.93. The molecule has 4 atom stereocenters. The molecule has 5 rings (SSSR count). The molecule has 0 spiro atoms. The topological polar surface area (TPSA) is 87.1 Å². The SMILES string of the molecule is CC[C@@]1(O)[C@@H](C)C[C@@H](c2ccncc2NC(=O)c2ccc(F)c(-c3c(F)cccc3F)n2)C[C@H]1NCc1ccccc1. The third-order valence-electron chi connectivity index (χ3n) is 8.40. The fraction of sp³-hybridized carbons (Fsp3) is 0.303. The Morgan fingerprint density at radius 3 is 2.43 bits per heavy atom. The predicted octanol–water partition coefficient (Wildman–Crippen LogP) is 6.63. The quantitative estimate of drug-likeness (QED) is 0.220. The zero-order valence-corrected chi connectivity index (χ0v) is 23.4. The van der Waals surface area contributed by atoms with Crippen molar-refractivity contribution in [3.05, 3.63) is 113 Å². The van der Waals surface area contributed by atoms with Crippen molar-refractivity contribution in [3.8, 4) is 11.3 Å². The van der Waals surface area contributed by atoms with Crippen molar-refractivity contribution in [2.45, 2.75) is 57.2 Å². The molecule has 3 N–H and O–H groups in total. The van der Waals surface area contributed by atoms with Crippen molar-refractivity contribution in [1.82, 2.24) is 15.3 Å². The summed E-state index contributed by atoms with van der Waals surface area (Å²) in [4.78, 5) is 21.5. The number of nitrogens with one attached hydrogen (secondary N) is 2. The summed E-state index contributed by atoms with van der Waals surface area (Å²) in [6, 6.07) is 16.9. The second-order valence-corrected chi connectivity index (χ2v) is 10.9. The lowest BCUT2D eigenvalue weighted by atomic mass is 9.65. The maximum absolute atomic E-state index is 14.6. The van der Waals surface area contributed by atoms with Gasteiger partial charge in [-0.3, -0.25) is 9.78 Å². The molecular weight excluding hydrogens is 541 g/mol. The number of carbonyl (C=O) groups excluding carboxylic acids is 1. The first-order valence-corrected chi connectivity index (χ1v) is 14.1. The summed E-state index contributed by atoms with van der Waals surface area (Å²) in [6.45, 7) is 4.63. The van der Waals surface area contributed by atoms with Gasteiger partial charge in [0, 0.05) is 18.8 Å². The van der Waals surface area contributed by atoms with Gasteiger partial charge in [0.1, 0.15) is 28.8 Å². The van der Waals surface area contributed by atoms with Gasteiger partial charge in [0.05, 0.1) is 23.0 Å². The number of nitrogens with zero attached hydrogens (tertiary/aromatic N) is 2. The number of rotatable bonds is 8. The second kappa shape index (κ2) is 12.4. The zero-order chi connectivity index (χ0) is 29.9. The average Bonchev–Trinajstić information content (AvgIpc) is 2.99. The van der Waals surface area contributed by atoms with E-state index in [0.29, 0.717) is 31.5 Å². The number of hydrogen-bond donors (Lipinski definition) is 3. The van der Waals surface area contributed by atoms with E-state index in [1.807, 2.05) is 50.2 Å². The molecule has 1 aliphatic carbocycles. The molecule has 0 radical (unpaired) electrons. The molecule has 218 valence electrons. The van der Waals surface area contributed by atoms with Crippen LogP contribution >= 0.6 is 0 Å². The Hall–Kier alpha value is -4.08. The summed E-state index contributed by atoms with van der Waals surface area (Å²) in [5.41, 5.74) is 0.0773. The van der Waals surface area contributed by atoms with Gasteiger partial charge in [-0.1, -0.05) is 50.2 Å². The Morgan fingerprint density at radius 2 is 1.71 bits per heavy atom. The van der Waals surface area contributed by atoms with Crippen molar-refractivity contribution in [2.24, 2.45) is 5.92 Å². The van der Waals surface area contributed by atoms with E-state index >= 15 is 0 Å². The number of carbonyl (C=O) groups is 1. The fourth-order valence-electron chi connectivity index (χ4n) is 6.02. The molecule has 1 saturated carbocycles. The number of amides is 1. The molecular formula is C33H33F3N4O2. The Balaban J connectivity index is 1.39. The summed E-state index contributed by atoms with van der Waals surface area (Å²) >= 11 is 0. The van der Waals surface area contributed by atoms with Gasteiger partial charge >= 0.3 is 0 Å². The van der Waals surface area contributed by atoms with Crippen LogP contribution in [-0.2, 0) is 6.54 Å². The van der Waals surface area contributed by atoms with Gasteiger partial charge < -0.3 is 15.7 Å². The van der Waals surface area contributed by atoms with E-state index < -0.39 is 40.2 Å². The lowest BCUT2D eigenvalue weighted by molar-refractivity contribution is -0.0765. The Labute approximate surface area is 243 Å². The van der Waals surface area contributed by atoms with Crippen molar-refractivity contribution >= 4 is 11.6 Å². The summed E-state index contributed by atoms with van der Waals surface area (Å²) in [7, 11) is 0. The maximum atomic E-state index is 14.6. The Kier molecular flexibility index (Phi) is 8.70. The summed E-state index contributed by atoms with van der Waals surface area (Å²) in [5.74, 6) is -3.64. The van der Waals surface area contributed by atoms with E-state index in [2.05, 4.69) is 20.6 Å². The van der Waals surface area contributed by atoms with Crippen molar-refractivity contribution < 1.29 is 23.1 Å². The zero-order valence-electron chi connectivity index (χ0n) is 23.4. The van der Waals surface area contributed by atoms with Crippen LogP contribution in [0.3, 0.4) is 0 Å². The van der Waals surface area contributed by atoms with Crippen LogP contribution in [0.2, 0.25) is 0 Å². The van der Waals surface area contributed by atoms with E-state index in [-0.39, 0.29) is 23.6 Å². The van der Waals surface area contributed by atoms with Gasteiger partial charge in [0.25, 0.3) is 5.91 Å². The average molecular weight is 575 g/mol. The molecule has 9 heteroatoms. The van der Waals surface area contributed by atoms with Crippen molar-refractivity contribution in [2.75, 3.05) is 5.32 Å². The number of aromatic nitrogens is 2. The van der Waals surface area contributed by atoms with Gasteiger partial charge in [-0.2, -0.15) is 0 Å². The fourth-order valence-corrected chi connectivity index (χ4v) is 6.02. The van der Waals surface area contributed by atoms with E-state index in [9.17, 15) is 23.1 Å². The monoisotopic (exact) mass is 574 g/mol. The number of halogens is 3. The van der Waals surface area contributed by atoms with Crippen molar-refractivity contribution in [3.63, 3.8) is 0 Å². The molecule has 2 aromatic heterocycles. The minimum absolute atomic E-state index is 0.0114.